The number of nitrogens with zero attached hydrogens (tertiary/aromatic N) is 2. The standard InChI is InChI=1S/C8H7IN2O/c1-2-3-4-12-8-10-5-7(9)6-11-8/h1,5-6H,3-4H2. The van der Waals surface area contributed by atoms with Crippen LogP contribution in [0.4, 0.5) is 0 Å². The van der Waals surface area contributed by atoms with Crippen molar-refractivity contribution in [3.05, 3.63) is 16.0 Å². The van der Waals surface area contributed by atoms with E-state index in [1.807, 2.05) is 0 Å². The fourth-order valence-corrected chi connectivity index (χ4v) is 0.855. The molecule has 0 bridgehead atoms. The molecule has 0 fully saturated rings. The zero-order valence-electron chi connectivity index (χ0n) is 6.33. The molecule has 0 aliphatic heterocycles. The lowest BCUT2D eigenvalue weighted by molar-refractivity contribution is 0.300. The van der Waals surface area contributed by atoms with Gasteiger partial charge in [-0.25, -0.2) is 9.97 Å². The van der Waals surface area contributed by atoms with Crippen LogP contribution in [0.15, 0.2) is 12.4 Å². The Morgan fingerprint density at radius 1 is 1.50 bits per heavy atom. The summed E-state index contributed by atoms with van der Waals surface area (Å²) in [6.45, 7) is 0.469. The summed E-state index contributed by atoms with van der Waals surface area (Å²) in [5, 5.41) is 0. The molecule has 0 saturated carbocycles. The normalized spacial score (nSPS) is 9.00. The number of ether oxygens (including phenoxy) is 1. The maximum absolute atomic E-state index is 5.13. The lowest BCUT2D eigenvalue weighted by Gasteiger charge is -1.99. The molecule has 62 valence electrons. The molecule has 1 heterocycles. The molecule has 0 spiro atoms. The monoisotopic (exact) mass is 274 g/mol. The van der Waals surface area contributed by atoms with Crippen molar-refractivity contribution in [1.82, 2.24) is 9.97 Å². The van der Waals surface area contributed by atoms with Gasteiger partial charge in [-0.1, -0.05) is 0 Å². The van der Waals surface area contributed by atoms with Crippen LogP contribution in [0.2, 0.25) is 0 Å². The van der Waals surface area contributed by atoms with Gasteiger partial charge in [-0.15, -0.1) is 12.3 Å². The van der Waals surface area contributed by atoms with E-state index in [4.69, 9.17) is 11.2 Å². The molecule has 12 heavy (non-hydrogen) atoms. The molecule has 0 amide bonds. The van der Waals surface area contributed by atoms with Gasteiger partial charge >= 0.3 is 6.01 Å². The van der Waals surface area contributed by atoms with E-state index in [9.17, 15) is 0 Å². The first kappa shape index (κ1) is 9.26. The van der Waals surface area contributed by atoms with Gasteiger partial charge in [0, 0.05) is 22.4 Å². The third-order valence-electron chi connectivity index (χ3n) is 1.07. The van der Waals surface area contributed by atoms with Crippen LogP contribution in [0.3, 0.4) is 0 Å². The van der Waals surface area contributed by atoms with Crippen LogP contribution in [0.5, 0.6) is 6.01 Å². The van der Waals surface area contributed by atoms with Crippen molar-refractivity contribution >= 4 is 22.6 Å². The SMILES string of the molecule is C#CCCOc1ncc(I)cn1. The number of hydrogen-bond acceptors (Lipinski definition) is 3. The molecule has 1 aromatic rings. The molecule has 0 aromatic carbocycles. The molecule has 0 aliphatic carbocycles. The van der Waals surface area contributed by atoms with Crippen LogP contribution >= 0.6 is 22.6 Å². The zero-order valence-corrected chi connectivity index (χ0v) is 8.48. The molecule has 1 rings (SSSR count). The Kier molecular flexibility index (Phi) is 3.80. The van der Waals surface area contributed by atoms with E-state index in [0.29, 0.717) is 19.0 Å². The van der Waals surface area contributed by atoms with E-state index in [1.165, 1.54) is 0 Å². The third-order valence-corrected chi connectivity index (χ3v) is 1.63. The largest absolute Gasteiger partial charge is 0.462 e. The first-order valence-corrected chi connectivity index (χ1v) is 4.44. The number of rotatable bonds is 3. The minimum Gasteiger partial charge on any atom is -0.462 e. The molecule has 0 unspecified atom stereocenters. The minimum absolute atomic E-state index is 0.380. The van der Waals surface area contributed by atoms with Gasteiger partial charge in [-0.05, 0) is 22.6 Å². The van der Waals surface area contributed by atoms with Crippen molar-refractivity contribution < 1.29 is 4.74 Å². The fraction of sp³-hybridized carbons (Fsp3) is 0.250. The Bertz CT molecular complexity index is 278. The van der Waals surface area contributed by atoms with E-state index in [2.05, 4.69) is 38.5 Å². The van der Waals surface area contributed by atoms with Crippen molar-refractivity contribution in [1.29, 1.82) is 0 Å². The van der Waals surface area contributed by atoms with Crippen LogP contribution in [-0.2, 0) is 0 Å². The van der Waals surface area contributed by atoms with Crippen LogP contribution in [0, 0.1) is 15.9 Å². The van der Waals surface area contributed by atoms with Crippen LogP contribution < -0.4 is 4.74 Å². The second-order valence-electron chi connectivity index (χ2n) is 1.99. The second kappa shape index (κ2) is 4.93. The Morgan fingerprint density at radius 2 is 2.17 bits per heavy atom. The maximum atomic E-state index is 5.13. The minimum atomic E-state index is 0.380. The Labute approximate surface area is 84.7 Å². The van der Waals surface area contributed by atoms with Crippen LogP contribution in [-0.4, -0.2) is 16.6 Å². The number of hydrogen-bond donors (Lipinski definition) is 0. The summed E-state index contributed by atoms with van der Waals surface area (Å²) in [4.78, 5) is 7.88. The van der Waals surface area contributed by atoms with Crippen molar-refractivity contribution in [3.8, 4) is 18.4 Å². The van der Waals surface area contributed by atoms with Gasteiger partial charge in [0.25, 0.3) is 0 Å². The first-order chi connectivity index (χ1) is 5.83. The highest BCUT2D eigenvalue weighted by Gasteiger charge is 1.94. The van der Waals surface area contributed by atoms with Crippen LogP contribution in [0.1, 0.15) is 6.42 Å². The lowest BCUT2D eigenvalue weighted by Crippen LogP contribution is -1.99. The smallest absolute Gasteiger partial charge is 0.316 e. The van der Waals surface area contributed by atoms with Gasteiger partial charge in [0.1, 0.15) is 6.61 Å². The van der Waals surface area contributed by atoms with Crippen molar-refractivity contribution in [2.24, 2.45) is 0 Å². The van der Waals surface area contributed by atoms with E-state index in [0.717, 1.165) is 3.57 Å². The highest BCUT2D eigenvalue weighted by atomic mass is 127. The highest BCUT2D eigenvalue weighted by Crippen LogP contribution is 2.04. The average molecular weight is 274 g/mol. The Balaban J connectivity index is 2.43. The van der Waals surface area contributed by atoms with Gasteiger partial charge in [-0.3, -0.25) is 0 Å². The Hall–Kier alpha value is -0.830. The summed E-state index contributed by atoms with van der Waals surface area (Å²) in [5.74, 6) is 2.47. The van der Waals surface area contributed by atoms with E-state index in [-0.39, 0.29) is 0 Å². The molecular formula is C8H7IN2O. The summed E-state index contributed by atoms with van der Waals surface area (Å²) in [6.07, 6.45) is 9.01. The Morgan fingerprint density at radius 3 is 2.75 bits per heavy atom. The summed E-state index contributed by atoms with van der Waals surface area (Å²) < 4.78 is 6.12. The summed E-state index contributed by atoms with van der Waals surface area (Å²) in [7, 11) is 0. The quantitative estimate of drug-likeness (QED) is 0.476. The third kappa shape index (κ3) is 3.05. The molecule has 0 atom stereocenters. The van der Waals surface area contributed by atoms with E-state index >= 15 is 0 Å². The molecule has 0 N–H and O–H groups in total. The summed E-state index contributed by atoms with van der Waals surface area (Å²) >= 11 is 2.13. The molecular weight excluding hydrogens is 267 g/mol. The predicted molar refractivity (Wildman–Crippen MR) is 53.7 cm³/mol. The highest BCUT2D eigenvalue weighted by molar-refractivity contribution is 14.1. The number of aromatic nitrogens is 2. The second-order valence-corrected chi connectivity index (χ2v) is 3.23. The van der Waals surface area contributed by atoms with Crippen molar-refractivity contribution in [2.45, 2.75) is 6.42 Å². The predicted octanol–water partition coefficient (Wildman–Crippen LogP) is 1.48. The van der Waals surface area contributed by atoms with Crippen LogP contribution in [0.25, 0.3) is 0 Å². The van der Waals surface area contributed by atoms with Gasteiger partial charge < -0.3 is 4.74 Å². The molecule has 0 radical (unpaired) electrons. The van der Waals surface area contributed by atoms with Gasteiger partial charge in [0.15, 0.2) is 0 Å². The average Bonchev–Trinajstić information content (AvgIpc) is 2.09. The van der Waals surface area contributed by atoms with Crippen molar-refractivity contribution in [3.63, 3.8) is 0 Å². The first-order valence-electron chi connectivity index (χ1n) is 3.36. The fourth-order valence-electron chi connectivity index (χ4n) is 0.576. The summed E-state index contributed by atoms with van der Waals surface area (Å²) in [6, 6.07) is 0.380. The zero-order chi connectivity index (χ0) is 8.81. The number of halogens is 1. The molecule has 3 nitrogen and oxygen atoms in total. The van der Waals surface area contributed by atoms with Gasteiger partial charge in [-0.2, -0.15) is 0 Å². The molecule has 0 saturated heterocycles. The van der Waals surface area contributed by atoms with E-state index < -0.39 is 0 Å². The van der Waals surface area contributed by atoms with Crippen molar-refractivity contribution in [2.75, 3.05) is 6.61 Å². The van der Waals surface area contributed by atoms with E-state index in [1.54, 1.807) is 12.4 Å². The maximum Gasteiger partial charge on any atom is 0.316 e. The number of terminal acetylenes is 1. The van der Waals surface area contributed by atoms with Gasteiger partial charge in [0.05, 0.1) is 0 Å². The molecule has 1 aromatic heterocycles. The summed E-state index contributed by atoms with van der Waals surface area (Å²) in [5.41, 5.74) is 0. The lowest BCUT2D eigenvalue weighted by atomic mass is 10.5. The van der Waals surface area contributed by atoms with Gasteiger partial charge in [0.2, 0.25) is 0 Å². The molecule has 0 aliphatic rings. The topological polar surface area (TPSA) is 35.0 Å². The molecule has 4 heteroatoms.